The van der Waals surface area contributed by atoms with E-state index in [1.54, 1.807) is 6.08 Å². The Morgan fingerprint density at radius 1 is 1.23 bits per heavy atom. The van der Waals surface area contributed by atoms with E-state index in [4.69, 9.17) is 5.11 Å². The fraction of sp³-hybridized carbons (Fsp3) is 0.667. The van der Waals surface area contributed by atoms with Crippen LogP contribution < -0.4 is 0 Å². The summed E-state index contributed by atoms with van der Waals surface area (Å²) in [7, 11) is 0. The Bertz CT molecular complexity index is 541. The highest BCUT2D eigenvalue weighted by molar-refractivity contribution is 5.83. The number of carboxylic acids is 1. The van der Waals surface area contributed by atoms with Crippen molar-refractivity contribution < 1.29 is 24.9 Å². The Balaban J connectivity index is 2.42. The molecule has 26 heavy (non-hydrogen) atoms. The summed E-state index contributed by atoms with van der Waals surface area (Å²) < 4.78 is 0. The van der Waals surface area contributed by atoms with Crippen molar-refractivity contribution >= 4 is 11.8 Å². The van der Waals surface area contributed by atoms with E-state index in [-0.39, 0.29) is 17.6 Å². The minimum absolute atomic E-state index is 0.0558. The number of rotatable bonds is 12. The highest BCUT2D eigenvalue weighted by Crippen LogP contribution is 2.32. The number of allylic oxidation sites excluding steroid dienone is 2. The summed E-state index contributed by atoms with van der Waals surface area (Å²) in [5, 5.41) is 27.0. The number of carbonyl (C=O) groups is 2. The predicted octanol–water partition coefficient (Wildman–Crippen LogP) is 3.76. The number of hydrogen-bond acceptors (Lipinski definition) is 4. The molecule has 0 spiro atoms. The molecule has 0 heterocycles. The molecule has 146 valence electrons. The summed E-state index contributed by atoms with van der Waals surface area (Å²) in [6.45, 7) is 2.21. The lowest BCUT2D eigenvalue weighted by atomic mass is 9.91. The Hall–Kier alpha value is -1.68. The number of aliphatic hydroxyl groups is 2. The molecule has 1 saturated carbocycles. The van der Waals surface area contributed by atoms with Crippen LogP contribution in [0.1, 0.15) is 71.1 Å². The highest BCUT2D eigenvalue weighted by atomic mass is 16.5. The van der Waals surface area contributed by atoms with E-state index in [9.17, 15) is 19.8 Å². The second-order valence-corrected chi connectivity index (χ2v) is 7.04. The minimum atomic E-state index is -2.77. The van der Waals surface area contributed by atoms with E-state index >= 15 is 0 Å². The summed E-state index contributed by atoms with van der Waals surface area (Å²) in [6, 6.07) is 0. The molecule has 2 atom stereocenters. The van der Waals surface area contributed by atoms with E-state index in [0.717, 1.165) is 12.8 Å². The van der Waals surface area contributed by atoms with Crippen molar-refractivity contribution in [3.05, 3.63) is 30.0 Å². The van der Waals surface area contributed by atoms with Gasteiger partial charge in [0.05, 0.1) is 0 Å². The van der Waals surface area contributed by atoms with Gasteiger partial charge in [0.15, 0.2) is 0 Å². The van der Waals surface area contributed by atoms with E-state index in [1.807, 2.05) is 0 Å². The average Bonchev–Trinajstić information content (AvgIpc) is 2.94. The number of carbonyl (C=O) groups excluding carboxylic acids is 1. The van der Waals surface area contributed by atoms with Gasteiger partial charge in [-0.15, -0.1) is 5.73 Å². The van der Waals surface area contributed by atoms with Gasteiger partial charge in [0, 0.05) is 18.8 Å². The first kappa shape index (κ1) is 22.4. The number of ketones is 1. The molecule has 0 radical (unpaired) electrons. The molecule has 5 nitrogen and oxygen atoms in total. The second kappa shape index (κ2) is 11.8. The quantitative estimate of drug-likeness (QED) is 0.212. The largest absolute Gasteiger partial charge is 0.477 e. The monoisotopic (exact) mass is 364 g/mol. The molecule has 1 rings (SSSR count). The molecule has 0 aliphatic heterocycles. The maximum absolute atomic E-state index is 12.1. The molecule has 1 fully saturated rings. The third-order valence-corrected chi connectivity index (χ3v) is 4.85. The van der Waals surface area contributed by atoms with Crippen LogP contribution in [0.25, 0.3) is 0 Å². The van der Waals surface area contributed by atoms with Crippen LogP contribution in [0.4, 0.5) is 0 Å². The van der Waals surface area contributed by atoms with Crippen molar-refractivity contribution in [1.29, 1.82) is 0 Å². The van der Waals surface area contributed by atoms with E-state index < -0.39 is 18.2 Å². The van der Waals surface area contributed by atoms with Crippen molar-refractivity contribution in [3.63, 3.8) is 0 Å². The van der Waals surface area contributed by atoms with Crippen LogP contribution in [0.5, 0.6) is 0 Å². The number of unbranched alkanes of at least 4 members (excludes halogenated alkanes) is 5. The number of hydrogen-bond donors (Lipinski definition) is 3. The van der Waals surface area contributed by atoms with Gasteiger partial charge < -0.3 is 15.3 Å². The Labute approximate surface area is 156 Å². The molecule has 0 amide bonds. The molecule has 1 aliphatic rings. The molecule has 3 N–H and O–H groups in total. The van der Waals surface area contributed by atoms with Crippen molar-refractivity contribution in [1.82, 2.24) is 0 Å². The number of Topliss-reactive ketones (excluding diaryl/α,β-unsaturated/α-hetero) is 1. The van der Waals surface area contributed by atoms with Crippen LogP contribution in [-0.2, 0) is 9.59 Å². The summed E-state index contributed by atoms with van der Waals surface area (Å²) in [6.07, 6.45) is 16.2. The number of aliphatic carboxylic acids is 1. The van der Waals surface area contributed by atoms with E-state index in [1.165, 1.54) is 38.2 Å². The fourth-order valence-corrected chi connectivity index (χ4v) is 3.17. The van der Waals surface area contributed by atoms with Crippen LogP contribution in [0, 0.1) is 11.8 Å². The van der Waals surface area contributed by atoms with Gasteiger partial charge in [-0.05, 0) is 43.8 Å². The molecule has 0 saturated heterocycles. The molecule has 0 aromatic heterocycles. The second-order valence-electron chi connectivity index (χ2n) is 7.04. The Kier molecular flexibility index (Phi) is 10.2. The fourth-order valence-electron chi connectivity index (χ4n) is 3.17. The van der Waals surface area contributed by atoms with E-state index in [0.29, 0.717) is 12.8 Å². The van der Waals surface area contributed by atoms with Gasteiger partial charge in [0.25, 0.3) is 5.79 Å². The SMILES string of the molecule is CCCCCCCC=C[C@H]1CCC(=O)[C@@H]1CC=C=CCC(O)(O)C(=O)O. The first-order valence-corrected chi connectivity index (χ1v) is 9.65. The Morgan fingerprint density at radius 3 is 2.65 bits per heavy atom. The van der Waals surface area contributed by atoms with Crippen LogP contribution in [-0.4, -0.2) is 32.9 Å². The summed E-state index contributed by atoms with van der Waals surface area (Å²) >= 11 is 0. The van der Waals surface area contributed by atoms with Crippen molar-refractivity contribution in [3.8, 4) is 0 Å². The number of carboxylic acid groups (broad SMARTS) is 1. The smallest absolute Gasteiger partial charge is 0.364 e. The van der Waals surface area contributed by atoms with Gasteiger partial charge in [-0.2, -0.15) is 0 Å². The third-order valence-electron chi connectivity index (χ3n) is 4.85. The third kappa shape index (κ3) is 8.13. The standard InChI is InChI=1S/C21H32O5/c1-2-3-4-5-6-7-9-12-17-14-15-19(22)18(17)13-10-8-11-16-21(25,26)20(23)24/h9-12,17-18,25-26H,2-7,13-16H2,1H3,(H,23,24)/t8?,17-,18+/m0/s1. The zero-order chi connectivity index (χ0) is 19.4. The van der Waals surface area contributed by atoms with Gasteiger partial charge in [-0.25, -0.2) is 4.79 Å². The van der Waals surface area contributed by atoms with Crippen LogP contribution >= 0.6 is 0 Å². The van der Waals surface area contributed by atoms with Gasteiger partial charge in [-0.1, -0.05) is 44.8 Å². The van der Waals surface area contributed by atoms with Crippen molar-refractivity contribution in [2.75, 3.05) is 0 Å². The lowest BCUT2D eigenvalue weighted by molar-refractivity contribution is -0.201. The van der Waals surface area contributed by atoms with Crippen LogP contribution in [0.2, 0.25) is 0 Å². The molecule has 0 bridgehead atoms. The maximum atomic E-state index is 12.1. The van der Waals surface area contributed by atoms with Gasteiger partial charge in [-0.3, -0.25) is 4.79 Å². The minimum Gasteiger partial charge on any atom is -0.477 e. The molecular formula is C21H32O5. The average molecular weight is 364 g/mol. The maximum Gasteiger partial charge on any atom is 0.364 e. The molecule has 5 heteroatoms. The Morgan fingerprint density at radius 2 is 1.96 bits per heavy atom. The van der Waals surface area contributed by atoms with Gasteiger partial charge in [0.1, 0.15) is 5.78 Å². The first-order valence-electron chi connectivity index (χ1n) is 9.65. The summed E-state index contributed by atoms with van der Waals surface area (Å²) in [5.41, 5.74) is 2.75. The van der Waals surface area contributed by atoms with Crippen LogP contribution in [0.15, 0.2) is 30.0 Å². The van der Waals surface area contributed by atoms with Crippen molar-refractivity contribution in [2.45, 2.75) is 76.9 Å². The lowest BCUT2D eigenvalue weighted by Crippen LogP contribution is -2.37. The van der Waals surface area contributed by atoms with Crippen molar-refractivity contribution in [2.24, 2.45) is 11.8 Å². The topological polar surface area (TPSA) is 94.8 Å². The molecule has 1 aliphatic carbocycles. The van der Waals surface area contributed by atoms with E-state index in [2.05, 4.69) is 24.8 Å². The molecule has 0 aromatic carbocycles. The van der Waals surface area contributed by atoms with Gasteiger partial charge in [0.2, 0.25) is 0 Å². The highest BCUT2D eigenvalue weighted by Gasteiger charge is 2.32. The molecular weight excluding hydrogens is 332 g/mol. The lowest BCUT2D eigenvalue weighted by Gasteiger charge is -2.13. The zero-order valence-electron chi connectivity index (χ0n) is 15.7. The predicted molar refractivity (Wildman–Crippen MR) is 100 cm³/mol. The van der Waals surface area contributed by atoms with Gasteiger partial charge >= 0.3 is 5.97 Å². The summed E-state index contributed by atoms with van der Waals surface area (Å²) in [4.78, 5) is 22.6. The molecule has 0 aromatic rings. The molecule has 0 unspecified atom stereocenters. The first-order chi connectivity index (χ1) is 12.4. The summed E-state index contributed by atoms with van der Waals surface area (Å²) in [5.74, 6) is -4.01. The van der Waals surface area contributed by atoms with Crippen LogP contribution in [0.3, 0.4) is 0 Å². The normalized spacial score (nSPS) is 20.3. The zero-order valence-corrected chi connectivity index (χ0v) is 15.7.